The van der Waals surface area contributed by atoms with Gasteiger partial charge in [-0.1, -0.05) is 6.07 Å². The lowest BCUT2D eigenvalue weighted by Gasteiger charge is -2.16. The summed E-state index contributed by atoms with van der Waals surface area (Å²) in [5.74, 6) is 0.0898. The number of benzene rings is 3. The fourth-order valence-electron chi connectivity index (χ4n) is 4.49. The molecule has 3 heterocycles. The minimum absolute atomic E-state index is 0.106. The zero-order valence-electron chi connectivity index (χ0n) is 19.7. The van der Waals surface area contributed by atoms with Crippen LogP contribution in [0, 0.1) is 5.82 Å². The molecular formula is C27H20F3N3O4. The Balaban J connectivity index is 1.35. The second-order valence-electron chi connectivity index (χ2n) is 9.46. The molecule has 4 aromatic rings. The second kappa shape index (κ2) is 8.02. The lowest BCUT2D eigenvalue weighted by Crippen LogP contribution is -2.25. The predicted molar refractivity (Wildman–Crippen MR) is 129 cm³/mol. The van der Waals surface area contributed by atoms with Gasteiger partial charge < -0.3 is 19.5 Å². The summed E-state index contributed by atoms with van der Waals surface area (Å²) >= 11 is 0. The molecule has 1 N–H and O–H groups in total. The largest absolute Gasteiger partial charge is 0.586 e. The lowest BCUT2D eigenvalue weighted by molar-refractivity contribution is -0.286. The van der Waals surface area contributed by atoms with Crippen LogP contribution in [-0.2, 0) is 6.42 Å². The van der Waals surface area contributed by atoms with Gasteiger partial charge in [-0.3, -0.25) is 0 Å². The van der Waals surface area contributed by atoms with Gasteiger partial charge in [0.1, 0.15) is 22.9 Å². The lowest BCUT2D eigenvalue weighted by atomic mass is 10.0. The summed E-state index contributed by atoms with van der Waals surface area (Å²) in [5, 5.41) is 7.26. The molecule has 7 nitrogen and oxygen atoms in total. The third-order valence-corrected chi connectivity index (χ3v) is 6.07. The number of halogens is 3. The highest BCUT2D eigenvalue weighted by atomic mass is 19.3. The average molecular weight is 507 g/mol. The van der Waals surface area contributed by atoms with Crippen molar-refractivity contribution >= 4 is 11.7 Å². The second-order valence-corrected chi connectivity index (χ2v) is 9.46. The van der Waals surface area contributed by atoms with Crippen LogP contribution in [0.3, 0.4) is 0 Å². The molecule has 0 atom stereocenters. The van der Waals surface area contributed by atoms with E-state index in [-0.39, 0.29) is 17.1 Å². The molecule has 1 amide bonds. The van der Waals surface area contributed by atoms with Gasteiger partial charge in [0.25, 0.3) is 0 Å². The van der Waals surface area contributed by atoms with Crippen molar-refractivity contribution in [2.24, 2.45) is 0 Å². The number of amides is 1. The van der Waals surface area contributed by atoms with Crippen LogP contribution in [0.5, 0.6) is 17.2 Å². The Hall–Kier alpha value is -4.47. The van der Waals surface area contributed by atoms with Gasteiger partial charge in [-0.05, 0) is 74.0 Å². The fraction of sp³-hybridized carbons (Fsp3) is 0.185. The van der Waals surface area contributed by atoms with Crippen molar-refractivity contribution in [1.82, 2.24) is 9.78 Å². The summed E-state index contributed by atoms with van der Waals surface area (Å²) in [7, 11) is 0. The van der Waals surface area contributed by atoms with E-state index >= 15 is 0 Å². The van der Waals surface area contributed by atoms with Crippen molar-refractivity contribution < 1.29 is 32.2 Å². The molecule has 0 spiro atoms. The first-order valence-electron chi connectivity index (χ1n) is 11.4. The number of nitrogens with zero attached hydrogens (tertiary/aromatic N) is 2. The van der Waals surface area contributed by atoms with E-state index in [1.807, 2.05) is 19.9 Å². The van der Waals surface area contributed by atoms with Crippen molar-refractivity contribution in [3.05, 3.63) is 78.2 Å². The summed E-state index contributed by atoms with van der Waals surface area (Å²) in [6, 6.07) is 14.7. The molecule has 2 aliphatic rings. The van der Waals surface area contributed by atoms with Gasteiger partial charge in [0, 0.05) is 35.0 Å². The minimum Gasteiger partial charge on any atom is -0.487 e. The minimum atomic E-state index is -3.76. The Labute approximate surface area is 209 Å². The van der Waals surface area contributed by atoms with E-state index in [1.165, 1.54) is 42.6 Å². The number of hydrogen-bond donors (Lipinski definition) is 1. The molecule has 0 saturated carbocycles. The highest BCUT2D eigenvalue weighted by molar-refractivity contribution is 5.93. The first kappa shape index (κ1) is 23.0. The van der Waals surface area contributed by atoms with Crippen LogP contribution in [0.1, 0.15) is 19.4 Å². The van der Waals surface area contributed by atoms with Crippen LogP contribution in [-0.4, -0.2) is 27.7 Å². The van der Waals surface area contributed by atoms with Crippen LogP contribution < -0.4 is 19.5 Å². The third kappa shape index (κ3) is 4.35. The molecule has 0 unspecified atom stereocenters. The molecule has 3 aromatic carbocycles. The maximum atomic E-state index is 13.6. The van der Waals surface area contributed by atoms with Crippen molar-refractivity contribution in [3.8, 4) is 39.6 Å². The molecule has 37 heavy (non-hydrogen) atoms. The smallest absolute Gasteiger partial charge is 0.487 e. The normalized spacial score (nSPS) is 16.2. The number of fused-ring (bicyclic) bond motifs is 2. The SMILES string of the molecule is CC1(C)Cc2cc(NC(=O)n3cc(-c4ccc5c(c4)OC(F)(F)O5)c(-c4ccc(F)cc4)n3)ccc2O1. The molecule has 0 fully saturated rings. The predicted octanol–water partition coefficient (Wildman–Crippen LogP) is 6.47. The van der Waals surface area contributed by atoms with Crippen molar-refractivity contribution in [2.75, 3.05) is 5.32 Å². The number of ether oxygens (including phenoxy) is 3. The first-order chi connectivity index (χ1) is 17.6. The van der Waals surface area contributed by atoms with Gasteiger partial charge in [-0.15, -0.1) is 8.78 Å². The number of alkyl halides is 2. The Morgan fingerprint density at radius 1 is 0.919 bits per heavy atom. The third-order valence-electron chi connectivity index (χ3n) is 6.07. The van der Waals surface area contributed by atoms with E-state index < -0.39 is 18.1 Å². The highest BCUT2D eigenvalue weighted by Gasteiger charge is 2.43. The molecule has 0 bridgehead atoms. The molecule has 10 heteroatoms. The van der Waals surface area contributed by atoms with Gasteiger partial charge in [-0.25, -0.2) is 9.18 Å². The average Bonchev–Trinajstić information content (AvgIpc) is 3.49. The van der Waals surface area contributed by atoms with Crippen molar-refractivity contribution in [2.45, 2.75) is 32.2 Å². The van der Waals surface area contributed by atoms with Crippen molar-refractivity contribution in [1.29, 1.82) is 0 Å². The number of carbonyl (C=O) groups excluding carboxylic acids is 1. The van der Waals surface area contributed by atoms with Crippen LogP contribution >= 0.6 is 0 Å². The fourth-order valence-corrected chi connectivity index (χ4v) is 4.49. The highest BCUT2D eigenvalue weighted by Crippen LogP contribution is 2.44. The number of aromatic nitrogens is 2. The molecule has 0 saturated heterocycles. The Morgan fingerprint density at radius 2 is 1.62 bits per heavy atom. The maximum absolute atomic E-state index is 13.6. The summed E-state index contributed by atoms with van der Waals surface area (Å²) in [5.41, 5.74) is 3.01. The molecule has 2 aliphatic heterocycles. The van der Waals surface area contributed by atoms with Crippen LogP contribution in [0.4, 0.5) is 23.7 Å². The van der Waals surface area contributed by atoms with E-state index in [4.69, 9.17) is 4.74 Å². The standard InChI is InChI=1S/C27H20F3N3O4/c1-26(2)13-17-11-19(8-10-21(17)35-26)31-25(34)33-14-20(24(32-33)15-3-6-18(28)7-4-15)16-5-9-22-23(12-16)37-27(29,30)36-22/h3-12,14H,13H2,1-2H3,(H,31,34). The van der Waals surface area contributed by atoms with Gasteiger partial charge in [0.15, 0.2) is 11.5 Å². The molecule has 1 aromatic heterocycles. The molecule has 188 valence electrons. The van der Waals surface area contributed by atoms with Crippen LogP contribution in [0.15, 0.2) is 66.9 Å². The zero-order chi connectivity index (χ0) is 25.9. The number of rotatable bonds is 3. The number of hydrogen-bond acceptors (Lipinski definition) is 5. The number of anilines is 1. The van der Waals surface area contributed by atoms with E-state index in [9.17, 15) is 18.0 Å². The quantitative estimate of drug-likeness (QED) is 0.344. The summed E-state index contributed by atoms with van der Waals surface area (Å²) in [6.07, 6.45) is -1.58. The van der Waals surface area contributed by atoms with E-state index in [0.717, 1.165) is 16.0 Å². The summed E-state index contributed by atoms with van der Waals surface area (Å²) < 4.78 is 56.7. The molecule has 0 aliphatic carbocycles. The van der Waals surface area contributed by atoms with Crippen molar-refractivity contribution in [3.63, 3.8) is 0 Å². The Bertz CT molecular complexity index is 1550. The van der Waals surface area contributed by atoms with Crippen LogP contribution in [0.2, 0.25) is 0 Å². The first-order valence-corrected chi connectivity index (χ1v) is 11.4. The zero-order valence-corrected chi connectivity index (χ0v) is 19.7. The summed E-state index contributed by atoms with van der Waals surface area (Å²) in [4.78, 5) is 13.2. The maximum Gasteiger partial charge on any atom is 0.586 e. The van der Waals surface area contributed by atoms with E-state index in [2.05, 4.69) is 19.9 Å². The monoisotopic (exact) mass is 507 g/mol. The van der Waals surface area contributed by atoms with Gasteiger partial charge >= 0.3 is 12.3 Å². The topological polar surface area (TPSA) is 74.6 Å². The van der Waals surface area contributed by atoms with E-state index in [1.54, 1.807) is 18.2 Å². The molecular weight excluding hydrogens is 487 g/mol. The van der Waals surface area contributed by atoms with Gasteiger partial charge in [0.2, 0.25) is 0 Å². The molecule has 6 rings (SSSR count). The van der Waals surface area contributed by atoms with E-state index in [0.29, 0.717) is 34.5 Å². The summed E-state index contributed by atoms with van der Waals surface area (Å²) in [6.45, 7) is 3.98. The Morgan fingerprint density at radius 3 is 2.41 bits per heavy atom. The van der Waals surface area contributed by atoms with Gasteiger partial charge in [0.05, 0.1) is 0 Å². The van der Waals surface area contributed by atoms with Gasteiger partial charge in [-0.2, -0.15) is 9.78 Å². The van der Waals surface area contributed by atoms with Crippen LogP contribution in [0.25, 0.3) is 22.4 Å². The Kier molecular flexibility index (Phi) is 4.98. The number of carbonyl (C=O) groups is 1. The number of nitrogens with one attached hydrogen (secondary N) is 1. The molecule has 0 radical (unpaired) electrons.